The molecule has 150 valence electrons. The van der Waals surface area contributed by atoms with Crippen LogP contribution < -0.4 is 0 Å². The summed E-state index contributed by atoms with van der Waals surface area (Å²) < 4.78 is 5.60. The summed E-state index contributed by atoms with van der Waals surface area (Å²) in [6, 6.07) is 13.6. The van der Waals surface area contributed by atoms with E-state index in [1.807, 2.05) is 47.4 Å². The second-order valence-electron chi connectivity index (χ2n) is 7.92. The van der Waals surface area contributed by atoms with Crippen molar-refractivity contribution in [3.05, 3.63) is 69.3 Å². The fourth-order valence-electron chi connectivity index (χ4n) is 4.83. The molecule has 29 heavy (non-hydrogen) atoms. The maximum Gasteiger partial charge on any atom is 0.233 e. The molecule has 3 heterocycles. The van der Waals surface area contributed by atoms with Crippen molar-refractivity contribution in [2.45, 2.75) is 31.2 Å². The van der Waals surface area contributed by atoms with Gasteiger partial charge in [-0.3, -0.25) is 4.79 Å². The molecule has 1 N–H and O–H groups in total. The van der Waals surface area contributed by atoms with Crippen molar-refractivity contribution in [3.63, 3.8) is 0 Å². The van der Waals surface area contributed by atoms with Gasteiger partial charge in [-0.15, -0.1) is 0 Å². The number of carbonyl (C=O) groups is 1. The summed E-state index contributed by atoms with van der Waals surface area (Å²) in [5.41, 5.74) is 3.73. The number of ether oxygens (including phenoxy) is 1. The maximum absolute atomic E-state index is 13.9. The Hall–Kier alpha value is -2.01. The minimum Gasteiger partial charge on any atom is -0.381 e. The van der Waals surface area contributed by atoms with E-state index in [0.717, 1.165) is 22.9 Å². The predicted octanol–water partition coefficient (Wildman–Crippen LogP) is 5.11. The lowest BCUT2D eigenvalue weighted by Gasteiger charge is -2.41. The van der Waals surface area contributed by atoms with Gasteiger partial charge in [0.25, 0.3) is 0 Å². The molecule has 6 heteroatoms. The SMILES string of the molecule is O=C(N1CCc2[nH]c3ccc(Cl)cc3c2C1)C1(c2ccccc2Cl)CCOCC1. The Morgan fingerprint density at radius 2 is 1.90 bits per heavy atom. The van der Waals surface area contributed by atoms with Crippen LogP contribution in [0.2, 0.25) is 10.0 Å². The van der Waals surface area contributed by atoms with Gasteiger partial charge in [0.05, 0.1) is 5.41 Å². The molecule has 0 radical (unpaired) electrons. The van der Waals surface area contributed by atoms with Crippen molar-refractivity contribution in [2.24, 2.45) is 0 Å². The first kappa shape index (κ1) is 19.0. The van der Waals surface area contributed by atoms with Gasteiger partial charge < -0.3 is 14.6 Å². The highest BCUT2D eigenvalue weighted by Gasteiger charge is 2.45. The standard InChI is InChI=1S/C23H22Cl2N2O2/c24-15-5-6-20-16(13-15)17-14-27(10-7-21(17)26-20)22(28)23(8-11-29-12-9-23)18-3-1-2-4-19(18)25/h1-6,13,26H,7-12,14H2. The van der Waals surface area contributed by atoms with Gasteiger partial charge in [0.15, 0.2) is 0 Å². The number of nitrogens with one attached hydrogen (secondary N) is 1. The van der Waals surface area contributed by atoms with E-state index in [0.29, 0.717) is 49.2 Å². The summed E-state index contributed by atoms with van der Waals surface area (Å²) in [7, 11) is 0. The number of rotatable bonds is 2. The number of benzene rings is 2. The molecule has 0 atom stereocenters. The first-order valence-corrected chi connectivity index (χ1v) is 10.8. The van der Waals surface area contributed by atoms with E-state index in [1.165, 1.54) is 11.3 Å². The molecule has 5 rings (SSSR count). The smallest absolute Gasteiger partial charge is 0.233 e. The normalized spacial score (nSPS) is 18.6. The van der Waals surface area contributed by atoms with Crippen LogP contribution in [0.4, 0.5) is 0 Å². The number of H-pyrrole nitrogens is 1. The van der Waals surface area contributed by atoms with Crippen LogP contribution in [0.15, 0.2) is 42.5 Å². The summed E-state index contributed by atoms with van der Waals surface area (Å²) in [4.78, 5) is 19.4. The van der Waals surface area contributed by atoms with E-state index in [9.17, 15) is 4.79 Å². The van der Waals surface area contributed by atoms with Gasteiger partial charge in [0.1, 0.15) is 0 Å². The fraction of sp³-hybridized carbons (Fsp3) is 0.348. The minimum atomic E-state index is -0.627. The third kappa shape index (κ3) is 3.14. The predicted molar refractivity (Wildman–Crippen MR) is 116 cm³/mol. The first-order chi connectivity index (χ1) is 14.1. The number of hydrogen-bond acceptors (Lipinski definition) is 2. The van der Waals surface area contributed by atoms with Crippen molar-refractivity contribution in [3.8, 4) is 0 Å². The fourth-order valence-corrected chi connectivity index (χ4v) is 5.32. The topological polar surface area (TPSA) is 45.3 Å². The first-order valence-electron chi connectivity index (χ1n) is 10.00. The molecule has 1 amide bonds. The summed E-state index contributed by atoms with van der Waals surface area (Å²) in [6.07, 6.45) is 2.11. The number of nitrogens with zero attached hydrogens (tertiary/aromatic N) is 1. The van der Waals surface area contributed by atoms with Crippen LogP contribution in [0.25, 0.3) is 10.9 Å². The van der Waals surface area contributed by atoms with E-state index in [-0.39, 0.29) is 5.91 Å². The molecule has 0 unspecified atom stereocenters. The van der Waals surface area contributed by atoms with Crippen LogP contribution in [0, 0.1) is 0 Å². The summed E-state index contributed by atoms with van der Waals surface area (Å²) >= 11 is 12.8. The lowest BCUT2D eigenvalue weighted by Crippen LogP contribution is -2.51. The molecule has 0 spiro atoms. The highest BCUT2D eigenvalue weighted by Crippen LogP contribution is 2.41. The van der Waals surface area contributed by atoms with E-state index < -0.39 is 5.41 Å². The Bertz CT molecular complexity index is 1090. The summed E-state index contributed by atoms with van der Waals surface area (Å²) in [6.45, 7) is 2.42. The molecule has 0 saturated carbocycles. The number of aromatic nitrogens is 1. The molecule has 4 nitrogen and oxygen atoms in total. The molecule has 1 aromatic heterocycles. The van der Waals surface area contributed by atoms with Crippen molar-refractivity contribution in [1.29, 1.82) is 0 Å². The van der Waals surface area contributed by atoms with Crippen LogP contribution in [-0.2, 0) is 27.9 Å². The highest BCUT2D eigenvalue weighted by molar-refractivity contribution is 6.32. The van der Waals surface area contributed by atoms with Crippen LogP contribution in [0.1, 0.15) is 29.7 Å². The Kier molecular flexibility index (Phi) is 4.81. The molecule has 0 aliphatic carbocycles. The largest absolute Gasteiger partial charge is 0.381 e. The molecule has 2 aliphatic heterocycles. The van der Waals surface area contributed by atoms with Gasteiger partial charge in [0.2, 0.25) is 5.91 Å². The lowest BCUT2D eigenvalue weighted by atomic mass is 9.72. The monoisotopic (exact) mass is 428 g/mol. The second-order valence-corrected chi connectivity index (χ2v) is 8.77. The van der Waals surface area contributed by atoms with Crippen LogP contribution >= 0.6 is 23.2 Å². The molecule has 1 saturated heterocycles. The van der Waals surface area contributed by atoms with Gasteiger partial charge in [-0.1, -0.05) is 41.4 Å². The van der Waals surface area contributed by atoms with Crippen LogP contribution in [-0.4, -0.2) is 35.5 Å². The zero-order valence-corrected chi connectivity index (χ0v) is 17.5. The van der Waals surface area contributed by atoms with Gasteiger partial charge in [-0.2, -0.15) is 0 Å². The Labute approximate surface area is 179 Å². The Morgan fingerprint density at radius 3 is 2.69 bits per heavy atom. The number of amides is 1. The van der Waals surface area contributed by atoms with Crippen LogP contribution in [0.3, 0.4) is 0 Å². The van der Waals surface area contributed by atoms with Gasteiger partial charge >= 0.3 is 0 Å². The van der Waals surface area contributed by atoms with Crippen LogP contribution in [0.5, 0.6) is 0 Å². The number of hydrogen-bond donors (Lipinski definition) is 1. The van der Waals surface area contributed by atoms with E-state index in [2.05, 4.69) is 4.98 Å². The molecule has 1 fully saturated rings. The van der Waals surface area contributed by atoms with Gasteiger partial charge in [0, 0.05) is 64.9 Å². The summed E-state index contributed by atoms with van der Waals surface area (Å²) in [5.74, 6) is 0.149. The van der Waals surface area contributed by atoms with Gasteiger partial charge in [-0.05, 0) is 42.7 Å². The minimum absolute atomic E-state index is 0.149. The van der Waals surface area contributed by atoms with Crippen molar-refractivity contribution >= 4 is 40.0 Å². The third-order valence-electron chi connectivity index (χ3n) is 6.37. The number of aromatic amines is 1. The molecule has 3 aromatic rings. The number of carbonyl (C=O) groups excluding carboxylic acids is 1. The van der Waals surface area contributed by atoms with Crippen molar-refractivity contribution in [1.82, 2.24) is 9.88 Å². The van der Waals surface area contributed by atoms with Gasteiger partial charge in [-0.25, -0.2) is 0 Å². The van der Waals surface area contributed by atoms with E-state index in [1.54, 1.807) is 0 Å². The molecule has 2 aliphatic rings. The Morgan fingerprint density at radius 1 is 1.10 bits per heavy atom. The third-order valence-corrected chi connectivity index (χ3v) is 6.93. The molecule has 2 aromatic carbocycles. The van der Waals surface area contributed by atoms with E-state index >= 15 is 0 Å². The second kappa shape index (κ2) is 7.35. The van der Waals surface area contributed by atoms with Crippen molar-refractivity contribution in [2.75, 3.05) is 19.8 Å². The maximum atomic E-state index is 13.9. The zero-order valence-electron chi connectivity index (χ0n) is 16.0. The number of fused-ring (bicyclic) bond motifs is 3. The number of halogens is 2. The van der Waals surface area contributed by atoms with E-state index in [4.69, 9.17) is 27.9 Å². The summed E-state index contributed by atoms with van der Waals surface area (Å²) in [5, 5.41) is 2.46. The average molecular weight is 429 g/mol. The molecular formula is C23H22Cl2N2O2. The highest BCUT2D eigenvalue weighted by atomic mass is 35.5. The average Bonchev–Trinajstić information content (AvgIpc) is 3.11. The Balaban J connectivity index is 1.53. The molecular weight excluding hydrogens is 407 g/mol. The van der Waals surface area contributed by atoms with Crippen molar-refractivity contribution < 1.29 is 9.53 Å². The lowest BCUT2D eigenvalue weighted by molar-refractivity contribution is -0.142. The quantitative estimate of drug-likeness (QED) is 0.616. The zero-order chi connectivity index (χ0) is 20.0. The molecule has 0 bridgehead atoms.